The van der Waals surface area contributed by atoms with Gasteiger partial charge in [-0.15, -0.1) is 0 Å². The van der Waals surface area contributed by atoms with Crippen molar-refractivity contribution in [3.05, 3.63) is 101 Å². The number of nitrogens with zero attached hydrogens (tertiary/aromatic N) is 1. The second-order valence-corrected chi connectivity index (χ2v) is 9.39. The van der Waals surface area contributed by atoms with E-state index in [1.54, 1.807) is 0 Å². The molecule has 36 heavy (non-hydrogen) atoms. The number of carbonyl (C=O) groups is 2. The fourth-order valence-electron chi connectivity index (χ4n) is 6.77. The number of halogens is 3. The molecule has 2 atom stereocenters. The molecule has 3 aromatic carbocycles. The van der Waals surface area contributed by atoms with Crippen LogP contribution in [0.15, 0.2) is 72.8 Å². The third-order valence-electron chi connectivity index (χ3n) is 7.92. The molecular formula is C28H22F3NO4. The standard InChI is InChI=1S/C28H22F3NO4/c1-35-26(36-2)27-19-12-5-3-10-17(19)21(18-11-4-6-13-20(18)27)22-23(27)25(34)32(24(22)33)16-9-7-8-15(14-16)28(29,30)31/h3-14,21-23,26H,1-2H3. The molecule has 2 bridgehead atoms. The van der Waals surface area contributed by atoms with Gasteiger partial charge in [0.2, 0.25) is 11.8 Å². The predicted octanol–water partition coefficient (Wildman–Crippen LogP) is 4.88. The first kappa shape index (κ1) is 22.9. The van der Waals surface area contributed by atoms with Gasteiger partial charge in [0.25, 0.3) is 0 Å². The number of anilines is 1. The number of hydrogen-bond acceptors (Lipinski definition) is 4. The van der Waals surface area contributed by atoms with Gasteiger partial charge in [-0.25, -0.2) is 4.90 Å². The molecule has 5 nitrogen and oxygen atoms in total. The number of imide groups is 1. The maximum Gasteiger partial charge on any atom is 0.416 e. The van der Waals surface area contributed by atoms with Crippen molar-refractivity contribution in [3.63, 3.8) is 0 Å². The SMILES string of the molecule is COC(OC)C12c3ccccc3C(c3ccccc31)C1C(=O)N(c3cccc(C(F)(F)F)c3)C(=O)C12. The number of carbonyl (C=O) groups excluding carboxylic acids is 2. The number of alkyl halides is 3. The lowest BCUT2D eigenvalue weighted by atomic mass is 9.47. The van der Waals surface area contributed by atoms with Crippen LogP contribution in [0.2, 0.25) is 0 Å². The molecule has 3 aromatic rings. The third kappa shape index (κ3) is 2.74. The van der Waals surface area contributed by atoms with Crippen LogP contribution < -0.4 is 4.90 Å². The molecule has 1 fully saturated rings. The van der Waals surface area contributed by atoms with Crippen molar-refractivity contribution in [2.45, 2.75) is 23.8 Å². The summed E-state index contributed by atoms with van der Waals surface area (Å²) in [6.07, 6.45) is -5.54. The molecule has 7 rings (SSSR count). The van der Waals surface area contributed by atoms with Crippen molar-refractivity contribution in [1.82, 2.24) is 0 Å². The zero-order valence-electron chi connectivity index (χ0n) is 19.5. The lowest BCUT2D eigenvalue weighted by Gasteiger charge is -2.56. The molecule has 4 aliphatic rings. The molecule has 0 radical (unpaired) electrons. The van der Waals surface area contributed by atoms with E-state index < -0.39 is 53.0 Å². The van der Waals surface area contributed by atoms with Gasteiger partial charge < -0.3 is 9.47 Å². The first-order valence-electron chi connectivity index (χ1n) is 11.6. The van der Waals surface area contributed by atoms with Gasteiger partial charge in [-0.3, -0.25) is 9.59 Å². The van der Waals surface area contributed by atoms with Crippen LogP contribution in [0.5, 0.6) is 0 Å². The summed E-state index contributed by atoms with van der Waals surface area (Å²) in [6, 6.07) is 19.6. The smallest absolute Gasteiger partial charge is 0.355 e. The Labute approximate surface area is 205 Å². The van der Waals surface area contributed by atoms with Gasteiger partial charge in [-0.1, -0.05) is 54.6 Å². The van der Waals surface area contributed by atoms with Gasteiger partial charge in [0.1, 0.15) is 0 Å². The van der Waals surface area contributed by atoms with Crippen LogP contribution in [0.4, 0.5) is 18.9 Å². The molecule has 1 aliphatic heterocycles. The van der Waals surface area contributed by atoms with Gasteiger partial charge in [0.15, 0.2) is 6.29 Å². The fourth-order valence-corrected chi connectivity index (χ4v) is 6.77. The number of benzene rings is 3. The minimum absolute atomic E-state index is 0.0942. The van der Waals surface area contributed by atoms with E-state index in [2.05, 4.69) is 0 Å². The van der Waals surface area contributed by atoms with E-state index in [-0.39, 0.29) is 5.69 Å². The molecule has 0 spiro atoms. The highest BCUT2D eigenvalue weighted by molar-refractivity contribution is 6.23. The number of hydrogen-bond donors (Lipinski definition) is 0. The van der Waals surface area contributed by atoms with Gasteiger partial charge in [0, 0.05) is 20.1 Å². The summed E-state index contributed by atoms with van der Waals surface area (Å²) in [5, 5.41) is 0. The summed E-state index contributed by atoms with van der Waals surface area (Å²) < 4.78 is 52.1. The Kier molecular flexibility index (Phi) is 4.94. The van der Waals surface area contributed by atoms with Crippen molar-refractivity contribution >= 4 is 17.5 Å². The minimum atomic E-state index is -4.61. The minimum Gasteiger partial charge on any atom is -0.355 e. The van der Waals surface area contributed by atoms with E-state index in [1.807, 2.05) is 48.5 Å². The maximum atomic E-state index is 14.2. The van der Waals surface area contributed by atoms with Crippen LogP contribution in [0.3, 0.4) is 0 Å². The molecule has 1 saturated heterocycles. The largest absolute Gasteiger partial charge is 0.416 e. The van der Waals surface area contributed by atoms with E-state index in [1.165, 1.54) is 26.4 Å². The first-order valence-corrected chi connectivity index (χ1v) is 11.6. The van der Waals surface area contributed by atoms with Crippen molar-refractivity contribution in [1.29, 1.82) is 0 Å². The molecule has 184 valence electrons. The highest BCUT2D eigenvalue weighted by atomic mass is 19.4. The second-order valence-electron chi connectivity index (χ2n) is 9.39. The quantitative estimate of drug-likeness (QED) is 0.384. The summed E-state index contributed by atoms with van der Waals surface area (Å²) >= 11 is 0. The summed E-state index contributed by atoms with van der Waals surface area (Å²) in [4.78, 5) is 29.1. The Morgan fingerprint density at radius 2 is 1.42 bits per heavy atom. The molecular weight excluding hydrogens is 471 g/mol. The van der Waals surface area contributed by atoms with Gasteiger partial charge in [-0.2, -0.15) is 13.2 Å². The fraction of sp³-hybridized carbons (Fsp3) is 0.286. The molecule has 2 unspecified atom stereocenters. The first-order chi connectivity index (χ1) is 17.3. The van der Waals surface area contributed by atoms with Crippen LogP contribution in [0.1, 0.15) is 33.7 Å². The second kappa shape index (κ2) is 7.75. The van der Waals surface area contributed by atoms with E-state index in [0.29, 0.717) is 0 Å². The van der Waals surface area contributed by atoms with Crippen molar-refractivity contribution in [2.75, 3.05) is 19.1 Å². The molecule has 3 aliphatic carbocycles. The molecule has 0 N–H and O–H groups in total. The van der Waals surface area contributed by atoms with Gasteiger partial charge >= 0.3 is 6.18 Å². The molecule has 2 amide bonds. The average Bonchev–Trinajstić information content (AvgIpc) is 3.15. The number of rotatable bonds is 4. The molecule has 0 aromatic heterocycles. The number of ether oxygens (including phenoxy) is 2. The zero-order chi connectivity index (χ0) is 25.4. The third-order valence-corrected chi connectivity index (χ3v) is 7.92. The normalized spacial score (nSPS) is 26.3. The summed E-state index contributed by atoms with van der Waals surface area (Å²) in [6.45, 7) is 0. The van der Waals surface area contributed by atoms with Crippen LogP contribution in [-0.4, -0.2) is 32.3 Å². The van der Waals surface area contributed by atoms with Crippen LogP contribution in [0, 0.1) is 11.8 Å². The lowest BCUT2D eigenvalue weighted by molar-refractivity contribution is -0.168. The van der Waals surface area contributed by atoms with Gasteiger partial charge in [0.05, 0.1) is 28.5 Å². The molecule has 8 heteroatoms. The van der Waals surface area contributed by atoms with Gasteiger partial charge in [-0.05, 0) is 40.5 Å². The summed E-state index contributed by atoms with van der Waals surface area (Å²) in [7, 11) is 2.96. The van der Waals surface area contributed by atoms with Crippen molar-refractivity contribution < 1.29 is 32.2 Å². The van der Waals surface area contributed by atoms with Crippen LogP contribution in [-0.2, 0) is 30.7 Å². The van der Waals surface area contributed by atoms with E-state index in [4.69, 9.17) is 9.47 Å². The Bertz CT molecular complexity index is 1350. The Balaban J connectivity index is 1.63. The lowest BCUT2D eigenvalue weighted by Crippen LogP contribution is -2.60. The predicted molar refractivity (Wildman–Crippen MR) is 124 cm³/mol. The highest BCUT2D eigenvalue weighted by Gasteiger charge is 2.71. The molecule has 0 saturated carbocycles. The monoisotopic (exact) mass is 493 g/mol. The van der Waals surface area contributed by atoms with E-state index in [0.717, 1.165) is 39.3 Å². The maximum absolute atomic E-state index is 14.2. The van der Waals surface area contributed by atoms with Crippen molar-refractivity contribution in [2.24, 2.45) is 11.8 Å². The van der Waals surface area contributed by atoms with Crippen LogP contribution >= 0.6 is 0 Å². The number of amides is 2. The Hall–Kier alpha value is -3.49. The topological polar surface area (TPSA) is 55.8 Å². The average molecular weight is 493 g/mol. The zero-order valence-corrected chi connectivity index (χ0v) is 19.5. The summed E-state index contributed by atoms with van der Waals surface area (Å²) in [5.41, 5.74) is 1.26. The van der Waals surface area contributed by atoms with E-state index >= 15 is 0 Å². The van der Waals surface area contributed by atoms with Crippen molar-refractivity contribution in [3.8, 4) is 0 Å². The number of methoxy groups -OCH3 is 2. The van der Waals surface area contributed by atoms with Crippen LogP contribution in [0.25, 0.3) is 0 Å². The summed E-state index contributed by atoms with van der Waals surface area (Å²) in [5.74, 6) is -3.24. The Morgan fingerprint density at radius 1 is 0.833 bits per heavy atom. The highest BCUT2D eigenvalue weighted by Crippen LogP contribution is 2.65. The molecule has 1 heterocycles. The van der Waals surface area contributed by atoms with E-state index in [9.17, 15) is 22.8 Å². The Morgan fingerprint density at radius 3 is 1.97 bits per heavy atom.